The van der Waals surface area contributed by atoms with E-state index in [1.807, 2.05) is 19.9 Å². The van der Waals surface area contributed by atoms with E-state index in [2.05, 4.69) is 4.72 Å². The Morgan fingerprint density at radius 3 is 2.22 bits per heavy atom. The van der Waals surface area contributed by atoms with E-state index in [0.717, 1.165) is 5.56 Å². The summed E-state index contributed by atoms with van der Waals surface area (Å²) in [5, 5.41) is 8.87. The summed E-state index contributed by atoms with van der Waals surface area (Å²) >= 11 is 0. The molecule has 5 nitrogen and oxygen atoms in total. The van der Waals surface area contributed by atoms with E-state index in [1.54, 1.807) is 19.1 Å². The Bertz CT molecular complexity index is 824. The first-order valence-electron chi connectivity index (χ1n) is 7.17. The monoisotopic (exact) mass is 333 g/mol. The van der Waals surface area contributed by atoms with Crippen molar-refractivity contribution in [1.82, 2.24) is 0 Å². The molecule has 0 unspecified atom stereocenters. The Balaban J connectivity index is 2.35. The molecule has 0 aliphatic carbocycles. The van der Waals surface area contributed by atoms with Gasteiger partial charge >= 0.3 is 5.97 Å². The lowest BCUT2D eigenvalue weighted by atomic mass is 10.0. The summed E-state index contributed by atoms with van der Waals surface area (Å²) in [6, 6.07) is 11.0. The molecule has 2 aromatic carbocycles. The third kappa shape index (κ3) is 3.90. The number of rotatable bonds is 5. The average molecular weight is 333 g/mol. The van der Waals surface area contributed by atoms with Crippen LogP contribution in [0.5, 0.6) is 0 Å². The molecule has 0 spiro atoms. The highest BCUT2D eigenvalue weighted by Crippen LogP contribution is 2.24. The van der Waals surface area contributed by atoms with Crippen molar-refractivity contribution in [2.75, 3.05) is 4.72 Å². The maximum atomic E-state index is 12.6. The van der Waals surface area contributed by atoms with Gasteiger partial charge in [-0.3, -0.25) is 4.72 Å². The zero-order chi connectivity index (χ0) is 17.2. The van der Waals surface area contributed by atoms with Gasteiger partial charge in [-0.25, -0.2) is 13.2 Å². The second-order valence-corrected chi connectivity index (χ2v) is 7.32. The minimum Gasteiger partial charge on any atom is -0.478 e. The third-order valence-electron chi connectivity index (χ3n) is 3.55. The van der Waals surface area contributed by atoms with Gasteiger partial charge in [0.15, 0.2) is 0 Å². The third-order valence-corrected chi connectivity index (χ3v) is 5.08. The lowest BCUT2D eigenvalue weighted by Gasteiger charge is -2.13. The summed E-state index contributed by atoms with van der Waals surface area (Å²) in [7, 11) is -3.73. The molecule has 0 aliphatic heterocycles. The maximum Gasteiger partial charge on any atom is 0.335 e. The molecular weight excluding hydrogens is 314 g/mol. The summed E-state index contributed by atoms with van der Waals surface area (Å²) in [6.07, 6.45) is 0. The van der Waals surface area contributed by atoms with E-state index in [9.17, 15) is 13.2 Å². The van der Waals surface area contributed by atoms with Crippen LogP contribution in [0.4, 0.5) is 5.69 Å². The number of hydrogen-bond donors (Lipinski definition) is 2. The van der Waals surface area contributed by atoms with E-state index >= 15 is 0 Å². The summed E-state index contributed by atoms with van der Waals surface area (Å²) in [5.41, 5.74) is 2.02. The molecule has 0 radical (unpaired) electrons. The zero-order valence-electron chi connectivity index (χ0n) is 13.2. The van der Waals surface area contributed by atoms with Crippen molar-refractivity contribution in [2.24, 2.45) is 0 Å². The van der Waals surface area contributed by atoms with E-state index in [4.69, 9.17) is 5.11 Å². The van der Waals surface area contributed by atoms with E-state index < -0.39 is 16.0 Å². The molecule has 0 saturated heterocycles. The Hall–Kier alpha value is -2.34. The Morgan fingerprint density at radius 1 is 1.09 bits per heavy atom. The molecule has 2 N–H and O–H groups in total. The van der Waals surface area contributed by atoms with Crippen LogP contribution in [0.2, 0.25) is 0 Å². The largest absolute Gasteiger partial charge is 0.478 e. The molecule has 0 aliphatic rings. The van der Waals surface area contributed by atoms with Crippen LogP contribution in [-0.2, 0) is 10.0 Å². The number of aromatic carboxylic acids is 1. The first kappa shape index (κ1) is 17.0. The van der Waals surface area contributed by atoms with Gasteiger partial charge in [-0.1, -0.05) is 26.0 Å². The SMILES string of the molecule is Cc1ccc(C(C)C)cc1S(=O)(=O)Nc1ccc(C(=O)O)cc1. The molecule has 0 bridgehead atoms. The number of carboxylic acid groups (broad SMARTS) is 1. The molecule has 122 valence electrons. The van der Waals surface area contributed by atoms with E-state index in [0.29, 0.717) is 11.3 Å². The van der Waals surface area contributed by atoms with Gasteiger partial charge in [-0.15, -0.1) is 0 Å². The van der Waals surface area contributed by atoms with Gasteiger partial charge in [-0.2, -0.15) is 0 Å². The number of nitrogens with one attached hydrogen (secondary N) is 1. The summed E-state index contributed by atoms with van der Waals surface area (Å²) in [4.78, 5) is 11.1. The topological polar surface area (TPSA) is 83.5 Å². The van der Waals surface area contributed by atoms with Crippen molar-refractivity contribution >= 4 is 21.7 Å². The molecule has 0 aromatic heterocycles. The van der Waals surface area contributed by atoms with Crippen molar-refractivity contribution in [3.05, 3.63) is 59.2 Å². The normalized spacial score (nSPS) is 11.5. The summed E-state index contributed by atoms with van der Waals surface area (Å²) in [6.45, 7) is 5.74. The number of carboxylic acids is 1. The number of hydrogen-bond acceptors (Lipinski definition) is 3. The molecule has 23 heavy (non-hydrogen) atoms. The van der Waals surface area contributed by atoms with Crippen LogP contribution in [0.1, 0.15) is 41.3 Å². The van der Waals surface area contributed by atoms with Gasteiger partial charge in [-0.05, 0) is 54.3 Å². The van der Waals surface area contributed by atoms with Crippen molar-refractivity contribution < 1.29 is 18.3 Å². The van der Waals surface area contributed by atoms with Crippen molar-refractivity contribution in [3.63, 3.8) is 0 Å². The first-order valence-corrected chi connectivity index (χ1v) is 8.66. The predicted octanol–water partition coefficient (Wildman–Crippen LogP) is 3.62. The van der Waals surface area contributed by atoms with Crippen LogP contribution >= 0.6 is 0 Å². The molecule has 6 heteroatoms. The fraction of sp³-hybridized carbons (Fsp3) is 0.235. The minimum atomic E-state index is -3.73. The molecular formula is C17H19NO4S. The molecule has 0 saturated carbocycles. The van der Waals surface area contributed by atoms with Gasteiger partial charge in [0.25, 0.3) is 10.0 Å². The van der Waals surface area contributed by atoms with Crippen LogP contribution in [0.25, 0.3) is 0 Å². The predicted molar refractivity (Wildman–Crippen MR) is 89.5 cm³/mol. The van der Waals surface area contributed by atoms with Gasteiger partial charge in [0.2, 0.25) is 0 Å². The van der Waals surface area contributed by atoms with Gasteiger partial charge in [0.1, 0.15) is 0 Å². The maximum absolute atomic E-state index is 12.6. The Kier molecular flexibility index (Phi) is 4.75. The molecule has 0 amide bonds. The number of sulfonamides is 1. The highest BCUT2D eigenvalue weighted by atomic mass is 32.2. The van der Waals surface area contributed by atoms with Gasteiger partial charge < -0.3 is 5.11 Å². The lowest BCUT2D eigenvalue weighted by Crippen LogP contribution is -2.15. The van der Waals surface area contributed by atoms with Crippen molar-refractivity contribution in [2.45, 2.75) is 31.6 Å². The van der Waals surface area contributed by atoms with E-state index in [-0.39, 0.29) is 16.4 Å². The quantitative estimate of drug-likeness (QED) is 0.875. The van der Waals surface area contributed by atoms with Crippen LogP contribution in [0, 0.1) is 6.92 Å². The molecule has 2 aromatic rings. The fourth-order valence-electron chi connectivity index (χ4n) is 2.16. The van der Waals surface area contributed by atoms with Crippen LogP contribution in [0.15, 0.2) is 47.4 Å². The van der Waals surface area contributed by atoms with E-state index in [1.165, 1.54) is 24.3 Å². The fourth-order valence-corrected chi connectivity index (χ4v) is 3.50. The van der Waals surface area contributed by atoms with Crippen molar-refractivity contribution in [3.8, 4) is 0 Å². The highest BCUT2D eigenvalue weighted by molar-refractivity contribution is 7.92. The molecule has 0 fully saturated rings. The standard InChI is InChI=1S/C17H19NO4S/c1-11(2)14-5-4-12(3)16(10-14)23(21,22)18-15-8-6-13(7-9-15)17(19)20/h4-11,18H,1-3H3,(H,19,20). The molecule has 2 rings (SSSR count). The van der Waals surface area contributed by atoms with Gasteiger partial charge in [0, 0.05) is 5.69 Å². The summed E-state index contributed by atoms with van der Waals surface area (Å²) in [5.74, 6) is -0.834. The first-order chi connectivity index (χ1) is 10.7. The Morgan fingerprint density at radius 2 is 1.70 bits per heavy atom. The van der Waals surface area contributed by atoms with Gasteiger partial charge in [0.05, 0.1) is 10.5 Å². The zero-order valence-corrected chi connectivity index (χ0v) is 14.0. The number of anilines is 1. The van der Waals surface area contributed by atoms with Crippen LogP contribution in [0.3, 0.4) is 0 Å². The molecule has 0 heterocycles. The second kappa shape index (κ2) is 6.42. The highest BCUT2D eigenvalue weighted by Gasteiger charge is 2.18. The van der Waals surface area contributed by atoms with Crippen LogP contribution in [-0.4, -0.2) is 19.5 Å². The molecule has 0 atom stereocenters. The minimum absolute atomic E-state index is 0.103. The smallest absolute Gasteiger partial charge is 0.335 e. The number of carbonyl (C=O) groups is 1. The summed E-state index contributed by atoms with van der Waals surface area (Å²) < 4.78 is 27.7. The number of benzene rings is 2. The average Bonchev–Trinajstić information content (AvgIpc) is 2.47. The Labute approximate surface area is 136 Å². The second-order valence-electron chi connectivity index (χ2n) is 5.67. The number of aryl methyl sites for hydroxylation is 1. The lowest BCUT2D eigenvalue weighted by molar-refractivity contribution is 0.0697. The van der Waals surface area contributed by atoms with Crippen LogP contribution < -0.4 is 4.72 Å². The van der Waals surface area contributed by atoms with Crippen molar-refractivity contribution in [1.29, 1.82) is 0 Å².